The zero-order valence-electron chi connectivity index (χ0n) is 10.8. The third kappa shape index (κ3) is 3.32. The number of urea groups is 1. The minimum Gasteiger partial charge on any atom is -0.335 e. The molecule has 2 aromatic rings. The van der Waals surface area contributed by atoms with Crippen LogP contribution in [-0.4, -0.2) is 12.1 Å². The molecule has 1 saturated carbocycles. The fourth-order valence-corrected chi connectivity index (χ4v) is 3.28. The number of hydrogen-bond donors (Lipinski definition) is 2. The molecule has 3 rings (SSSR count). The molecule has 2 amide bonds. The van der Waals surface area contributed by atoms with Gasteiger partial charge >= 0.3 is 6.03 Å². The van der Waals surface area contributed by atoms with Crippen molar-refractivity contribution in [1.82, 2.24) is 10.6 Å². The monoisotopic (exact) mass is 306 g/mol. The van der Waals surface area contributed by atoms with E-state index >= 15 is 0 Å². The Balaban J connectivity index is 1.44. The van der Waals surface area contributed by atoms with Crippen LogP contribution < -0.4 is 10.6 Å². The molecule has 5 heteroatoms. The van der Waals surface area contributed by atoms with Crippen LogP contribution in [-0.2, 0) is 6.54 Å². The van der Waals surface area contributed by atoms with Gasteiger partial charge in [-0.1, -0.05) is 41.9 Å². The van der Waals surface area contributed by atoms with E-state index in [1.807, 2.05) is 30.3 Å². The van der Waals surface area contributed by atoms with Gasteiger partial charge in [-0.05, 0) is 24.1 Å². The summed E-state index contributed by atoms with van der Waals surface area (Å²) in [6.45, 7) is 0.520. The highest BCUT2D eigenvalue weighted by atomic mass is 35.5. The number of hydrogen-bond acceptors (Lipinski definition) is 2. The number of amides is 2. The molecule has 0 spiro atoms. The highest BCUT2D eigenvalue weighted by Gasteiger charge is 2.39. The van der Waals surface area contributed by atoms with Gasteiger partial charge in [0.05, 0.1) is 10.9 Å². The Labute approximate surface area is 127 Å². The zero-order valence-corrected chi connectivity index (χ0v) is 12.4. The van der Waals surface area contributed by atoms with Gasteiger partial charge in [0.25, 0.3) is 0 Å². The van der Waals surface area contributed by atoms with E-state index in [1.165, 1.54) is 16.9 Å². The first kappa shape index (κ1) is 13.5. The summed E-state index contributed by atoms with van der Waals surface area (Å²) >= 11 is 7.33. The van der Waals surface area contributed by atoms with Crippen molar-refractivity contribution < 1.29 is 4.79 Å². The van der Waals surface area contributed by atoms with Crippen molar-refractivity contribution in [2.24, 2.45) is 0 Å². The van der Waals surface area contributed by atoms with E-state index < -0.39 is 0 Å². The molecule has 0 unspecified atom stereocenters. The number of carbonyl (C=O) groups is 1. The summed E-state index contributed by atoms with van der Waals surface area (Å²) in [6.07, 6.45) is 1.02. The average molecular weight is 307 g/mol. The first-order chi connectivity index (χ1) is 9.72. The molecule has 1 aromatic carbocycles. The molecular formula is C15H15ClN2OS. The molecule has 0 radical (unpaired) electrons. The van der Waals surface area contributed by atoms with Crippen LogP contribution in [0.1, 0.15) is 22.8 Å². The molecule has 3 nitrogen and oxygen atoms in total. The largest absolute Gasteiger partial charge is 0.335 e. The number of rotatable bonds is 4. The maximum atomic E-state index is 11.8. The molecule has 1 fully saturated rings. The molecule has 0 bridgehead atoms. The topological polar surface area (TPSA) is 41.1 Å². The molecule has 1 heterocycles. The van der Waals surface area contributed by atoms with Gasteiger partial charge in [-0.3, -0.25) is 0 Å². The van der Waals surface area contributed by atoms with Gasteiger partial charge in [-0.25, -0.2) is 4.79 Å². The zero-order chi connectivity index (χ0) is 13.9. The highest BCUT2D eigenvalue weighted by Crippen LogP contribution is 2.40. The van der Waals surface area contributed by atoms with E-state index in [9.17, 15) is 4.79 Å². The Morgan fingerprint density at radius 2 is 2.05 bits per heavy atom. The lowest BCUT2D eigenvalue weighted by atomic mass is 10.1. The summed E-state index contributed by atoms with van der Waals surface area (Å²) in [5.41, 5.74) is 1.29. The van der Waals surface area contributed by atoms with Crippen molar-refractivity contribution in [2.75, 3.05) is 0 Å². The summed E-state index contributed by atoms with van der Waals surface area (Å²) in [5.74, 6) is 0.457. The van der Waals surface area contributed by atoms with Crippen LogP contribution in [0, 0.1) is 0 Å². The minimum atomic E-state index is -0.113. The van der Waals surface area contributed by atoms with E-state index in [1.54, 1.807) is 0 Å². The molecular weight excluding hydrogens is 292 g/mol. The van der Waals surface area contributed by atoms with E-state index in [0.29, 0.717) is 12.5 Å². The molecule has 1 aliphatic carbocycles. The van der Waals surface area contributed by atoms with Crippen LogP contribution in [0.15, 0.2) is 42.5 Å². The van der Waals surface area contributed by atoms with E-state index in [4.69, 9.17) is 11.6 Å². The second-order valence-corrected chi connectivity index (χ2v) is 6.69. The molecule has 2 N–H and O–H groups in total. The second kappa shape index (κ2) is 5.85. The van der Waals surface area contributed by atoms with Crippen LogP contribution in [0.4, 0.5) is 4.79 Å². The van der Waals surface area contributed by atoms with Crippen molar-refractivity contribution in [3.8, 4) is 0 Å². The first-order valence-electron chi connectivity index (χ1n) is 6.56. The lowest BCUT2D eigenvalue weighted by molar-refractivity contribution is 0.240. The van der Waals surface area contributed by atoms with Crippen LogP contribution >= 0.6 is 22.9 Å². The average Bonchev–Trinajstić information content (AvgIpc) is 3.09. The van der Waals surface area contributed by atoms with Gasteiger partial charge in [-0.15, -0.1) is 11.3 Å². The molecule has 0 saturated heterocycles. The van der Waals surface area contributed by atoms with Crippen LogP contribution in [0.5, 0.6) is 0 Å². The summed E-state index contributed by atoms with van der Waals surface area (Å²) in [4.78, 5) is 12.9. The summed E-state index contributed by atoms with van der Waals surface area (Å²) in [5, 5.41) is 5.86. The highest BCUT2D eigenvalue weighted by molar-refractivity contribution is 7.16. The quantitative estimate of drug-likeness (QED) is 0.887. The number of carbonyl (C=O) groups excluding carboxylic acids is 1. The third-order valence-electron chi connectivity index (χ3n) is 3.39. The summed E-state index contributed by atoms with van der Waals surface area (Å²) in [6, 6.07) is 14.2. The smallest absolute Gasteiger partial charge is 0.315 e. The van der Waals surface area contributed by atoms with Crippen LogP contribution in [0.25, 0.3) is 0 Å². The Bertz CT molecular complexity index is 599. The predicted molar refractivity (Wildman–Crippen MR) is 82.3 cm³/mol. The Morgan fingerprint density at radius 3 is 2.75 bits per heavy atom. The summed E-state index contributed by atoms with van der Waals surface area (Å²) in [7, 11) is 0. The van der Waals surface area contributed by atoms with Crippen molar-refractivity contribution in [3.05, 3.63) is 57.2 Å². The van der Waals surface area contributed by atoms with Gasteiger partial charge in [-0.2, -0.15) is 0 Å². The maximum Gasteiger partial charge on any atom is 0.315 e. The van der Waals surface area contributed by atoms with Crippen molar-refractivity contribution >= 4 is 29.0 Å². The molecule has 0 aliphatic heterocycles. The normalized spacial score (nSPS) is 20.4. The fourth-order valence-electron chi connectivity index (χ4n) is 2.26. The van der Waals surface area contributed by atoms with Gasteiger partial charge in [0.2, 0.25) is 0 Å². The lowest BCUT2D eigenvalue weighted by Crippen LogP contribution is -2.36. The van der Waals surface area contributed by atoms with Gasteiger partial charge in [0.15, 0.2) is 0 Å². The molecule has 104 valence electrons. The molecule has 20 heavy (non-hydrogen) atoms. The van der Waals surface area contributed by atoms with Crippen LogP contribution in [0.2, 0.25) is 4.34 Å². The Morgan fingerprint density at radius 1 is 1.25 bits per heavy atom. The molecule has 1 aliphatic rings. The predicted octanol–water partition coefficient (Wildman–Crippen LogP) is 3.76. The van der Waals surface area contributed by atoms with Gasteiger partial charge < -0.3 is 10.6 Å². The van der Waals surface area contributed by atoms with Gasteiger partial charge in [0.1, 0.15) is 0 Å². The molecule has 2 atom stereocenters. The second-order valence-electron chi connectivity index (χ2n) is 4.89. The standard InChI is InChI=1S/C15H15ClN2OS/c16-14-7-6-11(20-14)9-17-15(19)18-13-8-12(13)10-4-2-1-3-5-10/h1-7,12-13H,8-9H2,(H2,17,18,19)/t12-,13+/m0/s1. The fraction of sp³-hybridized carbons (Fsp3) is 0.267. The minimum absolute atomic E-state index is 0.113. The third-order valence-corrected chi connectivity index (χ3v) is 4.62. The van der Waals surface area contributed by atoms with Crippen molar-refractivity contribution in [2.45, 2.75) is 24.9 Å². The summed E-state index contributed by atoms with van der Waals surface area (Å²) < 4.78 is 0.744. The lowest BCUT2D eigenvalue weighted by Gasteiger charge is -2.06. The van der Waals surface area contributed by atoms with Crippen LogP contribution in [0.3, 0.4) is 0 Å². The Hall–Kier alpha value is -1.52. The number of thiophene rings is 1. The molecule has 1 aromatic heterocycles. The number of halogens is 1. The maximum absolute atomic E-state index is 11.8. The first-order valence-corrected chi connectivity index (χ1v) is 7.75. The van der Waals surface area contributed by atoms with E-state index in [2.05, 4.69) is 22.8 Å². The van der Waals surface area contributed by atoms with Crippen molar-refractivity contribution in [3.63, 3.8) is 0 Å². The number of nitrogens with one attached hydrogen (secondary N) is 2. The van der Waals surface area contributed by atoms with Gasteiger partial charge in [0, 0.05) is 16.8 Å². The van der Waals surface area contributed by atoms with Crippen molar-refractivity contribution in [1.29, 1.82) is 0 Å². The SMILES string of the molecule is O=C(NCc1ccc(Cl)s1)N[C@@H]1C[C@H]1c1ccccc1. The number of benzene rings is 1. The Kier molecular flexibility index (Phi) is 3.94. The van der Waals surface area contributed by atoms with E-state index in [-0.39, 0.29) is 12.1 Å². The van der Waals surface area contributed by atoms with E-state index in [0.717, 1.165) is 15.6 Å².